The third-order valence-electron chi connectivity index (χ3n) is 3.32. The van der Waals surface area contributed by atoms with Crippen LogP contribution in [-0.4, -0.2) is 19.6 Å². The number of rotatable bonds is 7. The Labute approximate surface area is 151 Å². The van der Waals surface area contributed by atoms with E-state index in [2.05, 4.69) is 9.89 Å². The van der Waals surface area contributed by atoms with Gasteiger partial charge in [-0.15, -0.1) is 0 Å². The minimum Gasteiger partial charge on any atom is -0.493 e. The first-order chi connectivity index (χ1) is 12.7. The molecule has 0 aliphatic heterocycles. The fourth-order valence-electron chi connectivity index (χ4n) is 2.09. The summed E-state index contributed by atoms with van der Waals surface area (Å²) in [5.74, 6) is -0.304. The monoisotopic (exact) mass is 390 g/mol. The predicted molar refractivity (Wildman–Crippen MR) is 86.6 cm³/mol. The van der Waals surface area contributed by atoms with Gasteiger partial charge in [-0.05, 0) is 35.9 Å². The third kappa shape index (κ3) is 5.73. The molecule has 0 fully saturated rings. The molecule has 2 N–H and O–H groups in total. The molecule has 0 aromatic heterocycles. The third-order valence-corrected chi connectivity index (χ3v) is 3.32. The van der Waals surface area contributed by atoms with Crippen molar-refractivity contribution in [2.75, 3.05) is 7.11 Å². The first-order valence-electron chi connectivity index (χ1n) is 7.45. The van der Waals surface area contributed by atoms with Crippen LogP contribution >= 0.6 is 0 Å². The number of ether oxygens (including phenoxy) is 2. The van der Waals surface area contributed by atoms with E-state index in [-0.39, 0.29) is 35.1 Å². The Bertz CT molecular complexity index is 809. The molecule has 0 heterocycles. The summed E-state index contributed by atoms with van der Waals surface area (Å²) in [6.07, 6.45) is -4.46. The minimum absolute atomic E-state index is 0.00354. The second-order valence-electron chi connectivity index (χ2n) is 5.19. The lowest BCUT2D eigenvalue weighted by Crippen LogP contribution is -2.14. The number of benzene rings is 2. The number of halogens is 5. The fourth-order valence-corrected chi connectivity index (χ4v) is 2.09. The van der Waals surface area contributed by atoms with E-state index in [1.54, 1.807) is 0 Å². The summed E-state index contributed by atoms with van der Waals surface area (Å²) in [4.78, 5) is 4.98. The molecular weight excluding hydrogens is 375 g/mol. The van der Waals surface area contributed by atoms with Gasteiger partial charge in [0.05, 0.1) is 12.7 Å². The van der Waals surface area contributed by atoms with Gasteiger partial charge in [0.1, 0.15) is 6.61 Å². The van der Waals surface area contributed by atoms with Crippen molar-refractivity contribution in [3.63, 3.8) is 0 Å². The van der Waals surface area contributed by atoms with Gasteiger partial charge in [0, 0.05) is 5.56 Å². The first-order valence-corrected chi connectivity index (χ1v) is 7.45. The van der Waals surface area contributed by atoms with Gasteiger partial charge in [0.25, 0.3) is 0 Å². The number of nitrogens with zero attached hydrogens (tertiary/aromatic N) is 1. The predicted octanol–water partition coefficient (Wildman–Crippen LogP) is 4.15. The lowest BCUT2D eigenvalue weighted by atomic mass is 10.1. The molecule has 0 spiro atoms. The summed E-state index contributed by atoms with van der Waals surface area (Å²) in [6, 6.07) is 8.45. The van der Waals surface area contributed by atoms with Crippen molar-refractivity contribution in [2.24, 2.45) is 10.9 Å². The van der Waals surface area contributed by atoms with Crippen LogP contribution in [-0.2, 0) is 17.6 Å². The number of nitrogens with two attached hydrogens (primary N) is 1. The van der Waals surface area contributed by atoms with Crippen LogP contribution in [0.2, 0.25) is 0 Å². The lowest BCUT2D eigenvalue weighted by Gasteiger charge is -2.11. The maximum absolute atomic E-state index is 12.7. The van der Waals surface area contributed by atoms with Crippen molar-refractivity contribution in [1.82, 2.24) is 0 Å². The standard InChI is InChI=1S/C17H15F5N2O3/c1-25-14-8-11(5-6-13(14)27-16(18)19)15(23)24-26-9-10-3-2-4-12(7-10)17(20,21)22/h2-8,16H,9H2,1H3,(H2,23,24). The Hall–Kier alpha value is -3.04. The highest BCUT2D eigenvalue weighted by Gasteiger charge is 2.30. The van der Waals surface area contributed by atoms with Crippen LogP contribution in [0.25, 0.3) is 0 Å². The largest absolute Gasteiger partial charge is 0.493 e. The van der Waals surface area contributed by atoms with Gasteiger partial charge in [-0.25, -0.2) is 0 Å². The van der Waals surface area contributed by atoms with Gasteiger partial charge in [0.2, 0.25) is 0 Å². The Morgan fingerprint density at radius 3 is 2.48 bits per heavy atom. The molecule has 2 aromatic carbocycles. The molecule has 0 aliphatic rings. The lowest BCUT2D eigenvalue weighted by molar-refractivity contribution is -0.137. The zero-order valence-electron chi connectivity index (χ0n) is 14.0. The van der Waals surface area contributed by atoms with E-state index in [0.717, 1.165) is 12.1 Å². The summed E-state index contributed by atoms with van der Waals surface area (Å²) in [6.45, 7) is -3.26. The van der Waals surface area contributed by atoms with Crippen LogP contribution in [0.4, 0.5) is 22.0 Å². The summed E-state index contributed by atoms with van der Waals surface area (Å²) in [5.41, 5.74) is 5.47. The normalized spacial score (nSPS) is 12.2. The van der Waals surface area contributed by atoms with Gasteiger partial charge >= 0.3 is 12.8 Å². The number of amidine groups is 1. The fraction of sp³-hybridized carbons (Fsp3) is 0.235. The maximum Gasteiger partial charge on any atom is 0.416 e. The van der Waals surface area contributed by atoms with Crippen LogP contribution in [0.5, 0.6) is 11.5 Å². The average Bonchev–Trinajstić information content (AvgIpc) is 2.61. The Kier molecular flexibility index (Phi) is 6.43. The minimum atomic E-state index is -4.46. The number of hydrogen-bond donors (Lipinski definition) is 1. The highest BCUT2D eigenvalue weighted by molar-refractivity contribution is 5.97. The Morgan fingerprint density at radius 2 is 1.85 bits per heavy atom. The van der Waals surface area contributed by atoms with Gasteiger partial charge in [-0.2, -0.15) is 22.0 Å². The molecule has 146 valence electrons. The average molecular weight is 390 g/mol. The van der Waals surface area contributed by atoms with Crippen LogP contribution < -0.4 is 15.2 Å². The summed E-state index contributed by atoms with van der Waals surface area (Å²) in [5, 5.41) is 3.62. The molecule has 0 amide bonds. The van der Waals surface area contributed by atoms with E-state index < -0.39 is 18.4 Å². The van der Waals surface area contributed by atoms with Crippen molar-refractivity contribution in [3.05, 3.63) is 59.2 Å². The van der Waals surface area contributed by atoms with Crippen molar-refractivity contribution >= 4 is 5.84 Å². The van der Waals surface area contributed by atoms with Crippen LogP contribution in [0.15, 0.2) is 47.6 Å². The topological polar surface area (TPSA) is 66.1 Å². The smallest absolute Gasteiger partial charge is 0.416 e. The number of hydrogen-bond acceptors (Lipinski definition) is 4. The van der Waals surface area contributed by atoms with E-state index in [0.29, 0.717) is 0 Å². The molecule has 27 heavy (non-hydrogen) atoms. The summed E-state index contributed by atoms with van der Waals surface area (Å²) in [7, 11) is 1.26. The van der Waals surface area contributed by atoms with E-state index in [1.807, 2.05) is 0 Å². The van der Waals surface area contributed by atoms with Crippen molar-refractivity contribution < 1.29 is 36.3 Å². The van der Waals surface area contributed by atoms with Gasteiger partial charge < -0.3 is 20.0 Å². The molecule has 0 saturated carbocycles. The summed E-state index contributed by atoms with van der Waals surface area (Å²) < 4.78 is 71.8. The van der Waals surface area contributed by atoms with Gasteiger partial charge in [0.15, 0.2) is 17.3 Å². The van der Waals surface area contributed by atoms with Crippen LogP contribution in [0, 0.1) is 0 Å². The van der Waals surface area contributed by atoms with Gasteiger partial charge in [-0.1, -0.05) is 17.3 Å². The zero-order chi connectivity index (χ0) is 20.0. The van der Waals surface area contributed by atoms with E-state index >= 15 is 0 Å². The molecule has 0 aliphatic carbocycles. The Balaban J connectivity index is 2.08. The second kappa shape index (κ2) is 8.56. The van der Waals surface area contributed by atoms with E-state index in [1.165, 1.54) is 37.4 Å². The van der Waals surface area contributed by atoms with Crippen molar-refractivity contribution in [3.8, 4) is 11.5 Å². The van der Waals surface area contributed by atoms with Crippen molar-refractivity contribution in [2.45, 2.75) is 19.4 Å². The number of oxime groups is 1. The molecule has 2 aromatic rings. The Morgan fingerprint density at radius 1 is 1.11 bits per heavy atom. The van der Waals surface area contributed by atoms with E-state index in [4.69, 9.17) is 15.3 Å². The molecule has 0 saturated heterocycles. The highest BCUT2D eigenvalue weighted by Crippen LogP contribution is 2.30. The molecule has 0 atom stereocenters. The first kappa shape index (κ1) is 20.3. The van der Waals surface area contributed by atoms with Gasteiger partial charge in [-0.3, -0.25) is 0 Å². The molecule has 2 rings (SSSR count). The van der Waals surface area contributed by atoms with Crippen molar-refractivity contribution in [1.29, 1.82) is 0 Å². The molecular formula is C17H15F5N2O3. The summed E-state index contributed by atoms with van der Waals surface area (Å²) >= 11 is 0. The highest BCUT2D eigenvalue weighted by atomic mass is 19.4. The van der Waals surface area contributed by atoms with Crippen LogP contribution in [0.1, 0.15) is 16.7 Å². The molecule has 10 heteroatoms. The molecule has 0 unspecified atom stereocenters. The maximum atomic E-state index is 12.7. The second-order valence-corrected chi connectivity index (χ2v) is 5.19. The molecule has 5 nitrogen and oxygen atoms in total. The SMILES string of the molecule is COc1cc(C(N)=NOCc2cccc(C(F)(F)F)c2)ccc1OC(F)F. The molecule has 0 bridgehead atoms. The quantitative estimate of drug-likeness (QED) is 0.334. The molecule has 0 radical (unpaired) electrons. The van der Waals surface area contributed by atoms with Crippen LogP contribution in [0.3, 0.4) is 0 Å². The number of methoxy groups -OCH3 is 1. The number of alkyl halides is 5. The zero-order valence-corrected chi connectivity index (χ0v) is 14.0. The van der Waals surface area contributed by atoms with E-state index in [9.17, 15) is 22.0 Å².